The molecule has 2 heterocycles. The molecule has 0 unspecified atom stereocenters. The minimum atomic E-state index is -0.543. The zero-order valence-corrected chi connectivity index (χ0v) is 16.3. The van der Waals surface area contributed by atoms with Crippen LogP contribution in [0, 0.1) is 20.8 Å². The molecule has 0 atom stereocenters. The fourth-order valence-corrected chi connectivity index (χ4v) is 2.99. The average molecular weight is 377 g/mol. The van der Waals surface area contributed by atoms with Gasteiger partial charge in [0, 0.05) is 23.0 Å². The van der Waals surface area contributed by atoms with Crippen LogP contribution in [0.25, 0.3) is 6.08 Å². The monoisotopic (exact) mass is 377 g/mol. The first-order valence-electron chi connectivity index (χ1n) is 9.08. The third-order valence-corrected chi connectivity index (χ3v) is 4.60. The Morgan fingerprint density at radius 1 is 1.11 bits per heavy atom. The molecule has 0 spiro atoms. The SMILES string of the molecule is Cc1ccc(/C=C/C(=O)OCC(=O)c2cc(C)n(Cc3ccco3)c2C)cc1. The summed E-state index contributed by atoms with van der Waals surface area (Å²) in [6.07, 6.45) is 4.62. The molecule has 0 aliphatic heterocycles. The van der Waals surface area contributed by atoms with Crippen molar-refractivity contribution in [2.24, 2.45) is 0 Å². The van der Waals surface area contributed by atoms with E-state index in [-0.39, 0.29) is 12.4 Å². The molecule has 0 fully saturated rings. The highest BCUT2D eigenvalue weighted by molar-refractivity contribution is 6.00. The van der Waals surface area contributed by atoms with Crippen LogP contribution in [0.3, 0.4) is 0 Å². The van der Waals surface area contributed by atoms with Crippen molar-refractivity contribution >= 4 is 17.8 Å². The summed E-state index contributed by atoms with van der Waals surface area (Å²) in [6.45, 7) is 6.07. The number of furan rings is 1. The molecule has 0 amide bonds. The lowest BCUT2D eigenvalue weighted by Crippen LogP contribution is -2.13. The fourth-order valence-electron chi connectivity index (χ4n) is 2.99. The number of aryl methyl sites for hydroxylation is 2. The molecule has 5 nitrogen and oxygen atoms in total. The average Bonchev–Trinajstić information content (AvgIpc) is 3.29. The molecule has 0 aliphatic rings. The number of carbonyl (C=O) groups excluding carboxylic acids is 2. The van der Waals surface area contributed by atoms with Gasteiger partial charge in [-0.2, -0.15) is 0 Å². The number of rotatable bonds is 7. The van der Waals surface area contributed by atoms with Gasteiger partial charge in [0.15, 0.2) is 6.61 Å². The largest absolute Gasteiger partial charge is 0.467 e. The lowest BCUT2D eigenvalue weighted by Gasteiger charge is -2.08. The number of hydrogen-bond acceptors (Lipinski definition) is 4. The molecule has 28 heavy (non-hydrogen) atoms. The number of hydrogen-bond donors (Lipinski definition) is 0. The standard InChI is InChI=1S/C23H23NO4/c1-16-6-8-19(9-7-16)10-11-23(26)28-15-22(25)21-13-17(2)24(18(21)3)14-20-5-4-12-27-20/h4-13H,14-15H2,1-3H3/b11-10+. The number of Topliss-reactive ketones (excluding diaryl/α,β-unsaturated/α-hetero) is 1. The quantitative estimate of drug-likeness (QED) is 0.346. The highest BCUT2D eigenvalue weighted by atomic mass is 16.5. The number of ether oxygens (including phenoxy) is 1. The van der Waals surface area contributed by atoms with Gasteiger partial charge in [0.25, 0.3) is 0 Å². The molecule has 2 aromatic heterocycles. The van der Waals surface area contributed by atoms with Crippen LogP contribution in [0.1, 0.15) is 38.6 Å². The van der Waals surface area contributed by atoms with E-state index in [1.165, 1.54) is 6.08 Å². The third kappa shape index (κ3) is 4.68. The predicted octanol–water partition coefficient (Wildman–Crippen LogP) is 4.49. The van der Waals surface area contributed by atoms with Crippen LogP contribution in [0.2, 0.25) is 0 Å². The number of esters is 1. The van der Waals surface area contributed by atoms with E-state index in [2.05, 4.69) is 0 Å². The van der Waals surface area contributed by atoms with Crippen LogP contribution in [-0.2, 0) is 16.1 Å². The topological polar surface area (TPSA) is 61.4 Å². The molecule has 0 bridgehead atoms. The summed E-state index contributed by atoms with van der Waals surface area (Å²) in [5.41, 5.74) is 4.37. The molecule has 3 rings (SSSR count). The van der Waals surface area contributed by atoms with E-state index in [0.29, 0.717) is 12.1 Å². The minimum absolute atomic E-state index is 0.226. The molecule has 0 saturated carbocycles. The number of carbonyl (C=O) groups is 2. The van der Waals surface area contributed by atoms with Crippen molar-refractivity contribution in [1.82, 2.24) is 4.57 Å². The molecule has 1 aromatic carbocycles. The number of nitrogens with zero attached hydrogens (tertiary/aromatic N) is 1. The Morgan fingerprint density at radius 3 is 2.54 bits per heavy atom. The summed E-state index contributed by atoms with van der Waals surface area (Å²) in [4.78, 5) is 24.4. The van der Waals surface area contributed by atoms with E-state index in [1.54, 1.807) is 12.3 Å². The maximum absolute atomic E-state index is 12.5. The smallest absolute Gasteiger partial charge is 0.331 e. The van der Waals surface area contributed by atoms with E-state index < -0.39 is 5.97 Å². The van der Waals surface area contributed by atoms with Crippen molar-refractivity contribution in [3.8, 4) is 0 Å². The number of ketones is 1. The number of aromatic nitrogens is 1. The Morgan fingerprint density at radius 2 is 1.86 bits per heavy atom. The maximum atomic E-state index is 12.5. The Bertz CT molecular complexity index is 992. The molecular weight excluding hydrogens is 354 g/mol. The fraction of sp³-hybridized carbons (Fsp3) is 0.217. The number of benzene rings is 1. The Hall–Kier alpha value is -3.34. The Balaban J connectivity index is 1.60. The zero-order chi connectivity index (χ0) is 20.1. The van der Waals surface area contributed by atoms with Crippen LogP contribution < -0.4 is 0 Å². The maximum Gasteiger partial charge on any atom is 0.331 e. The van der Waals surface area contributed by atoms with Gasteiger partial charge < -0.3 is 13.7 Å². The summed E-state index contributed by atoms with van der Waals surface area (Å²) in [7, 11) is 0. The van der Waals surface area contributed by atoms with Gasteiger partial charge in [0.1, 0.15) is 5.76 Å². The normalized spacial score (nSPS) is 11.1. The summed E-state index contributed by atoms with van der Waals surface area (Å²) in [6, 6.07) is 13.3. The predicted molar refractivity (Wildman–Crippen MR) is 107 cm³/mol. The molecule has 5 heteroatoms. The summed E-state index contributed by atoms with van der Waals surface area (Å²) in [5.74, 6) is 0.0441. The molecule has 0 N–H and O–H groups in total. The first-order valence-corrected chi connectivity index (χ1v) is 9.08. The van der Waals surface area contributed by atoms with Crippen LogP contribution >= 0.6 is 0 Å². The van der Waals surface area contributed by atoms with Crippen molar-refractivity contribution in [2.45, 2.75) is 27.3 Å². The Labute approximate surface area is 164 Å². The molecule has 3 aromatic rings. The zero-order valence-electron chi connectivity index (χ0n) is 16.3. The first-order chi connectivity index (χ1) is 13.4. The molecule has 0 saturated heterocycles. The molecular formula is C23H23NO4. The van der Waals surface area contributed by atoms with Gasteiger partial charge in [-0.15, -0.1) is 0 Å². The van der Waals surface area contributed by atoms with E-state index >= 15 is 0 Å². The third-order valence-electron chi connectivity index (χ3n) is 4.60. The highest BCUT2D eigenvalue weighted by Crippen LogP contribution is 2.18. The lowest BCUT2D eigenvalue weighted by atomic mass is 10.1. The second-order valence-electron chi connectivity index (χ2n) is 6.73. The highest BCUT2D eigenvalue weighted by Gasteiger charge is 2.17. The van der Waals surface area contributed by atoms with Gasteiger partial charge in [0.2, 0.25) is 5.78 Å². The Kier molecular flexibility index (Phi) is 5.94. The molecule has 0 aliphatic carbocycles. The lowest BCUT2D eigenvalue weighted by molar-refractivity contribution is -0.136. The van der Waals surface area contributed by atoms with E-state index in [4.69, 9.17) is 9.15 Å². The molecule has 0 radical (unpaired) electrons. The van der Waals surface area contributed by atoms with Crippen molar-refractivity contribution in [2.75, 3.05) is 6.61 Å². The second kappa shape index (κ2) is 8.57. The van der Waals surface area contributed by atoms with Crippen molar-refractivity contribution < 1.29 is 18.7 Å². The van der Waals surface area contributed by atoms with Gasteiger partial charge >= 0.3 is 5.97 Å². The van der Waals surface area contributed by atoms with Crippen LogP contribution in [-0.4, -0.2) is 22.9 Å². The van der Waals surface area contributed by atoms with E-state index in [9.17, 15) is 9.59 Å². The van der Waals surface area contributed by atoms with Crippen molar-refractivity contribution in [3.63, 3.8) is 0 Å². The minimum Gasteiger partial charge on any atom is -0.467 e. The van der Waals surface area contributed by atoms with Crippen molar-refractivity contribution in [1.29, 1.82) is 0 Å². The van der Waals surface area contributed by atoms with Gasteiger partial charge in [0.05, 0.1) is 12.8 Å². The van der Waals surface area contributed by atoms with Crippen LogP contribution in [0.4, 0.5) is 0 Å². The van der Waals surface area contributed by atoms with E-state index in [1.807, 2.05) is 67.8 Å². The van der Waals surface area contributed by atoms with Crippen LogP contribution in [0.15, 0.2) is 59.2 Å². The second-order valence-corrected chi connectivity index (χ2v) is 6.73. The first kappa shape index (κ1) is 19.4. The summed E-state index contributed by atoms with van der Waals surface area (Å²) in [5, 5.41) is 0. The van der Waals surface area contributed by atoms with Gasteiger partial charge in [-0.05, 0) is 50.6 Å². The van der Waals surface area contributed by atoms with E-state index in [0.717, 1.165) is 28.3 Å². The van der Waals surface area contributed by atoms with Gasteiger partial charge in [-0.25, -0.2) is 4.79 Å². The van der Waals surface area contributed by atoms with Gasteiger partial charge in [-0.3, -0.25) is 4.79 Å². The van der Waals surface area contributed by atoms with Crippen molar-refractivity contribution in [3.05, 3.63) is 88.6 Å². The summed E-state index contributed by atoms with van der Waals surface area (Å²) < 4.78 is 12.5. The molecule has 144 valence electrons. The van der Waals surface area contributed by atoms with Gasteiger partial charge in [-0.1, -0.05) is 29.8 Å². The summed E-state index contributed by atoms with van der Waals surface area (Å²) >= 11 is 0. The van der Waals surface area contributed by atoms with Crippen LogP contribution in [0.5, 0.6) is 0 Å².